The van der Waals surface area contributed by atoms with Gasteiger partial charge in [0, 0.05) is 73.0 Å². The summed E-state index contributed by atoms with van der Waals surface area (Å²) in [7, 11) is 6.34. The maximum Gasteiger partial charge on any atom is 0.116 e. The molecule has 1 aliphatic rings. The molecule has 0 radical (unpaired) electrons. The van der Waals surface area contributed by atoms with Crippen LogP contribution in [-0.4, -0.2) is 82.2 Å². The number of benzene rings is 1. The molecule has 4 aromatic rings. The lowest BCUT2D eigenvalue weighted by molar-refractivity contribution is 0.207. The van der Waals surface area contributed by atoms with E-state index < -0.39 is 0 Å². The Morgan fingerprint density at radius 1 is 1.05 bits per heavy atom. The molecule has 0 bridgehead atoms. The molecule has 0 atom stereocenters. The zero-order valence-electron chi connectivity index (χ0n) is 22.5. The van der Waals surface area contributed by atoms with Crippen LogP contribution in [0.2, 0.25) is 0 Å². The predicted octanol–water partition coefficient (Wildman–Crippen LogP) is 5.15. The first-order chi connectivity index (χ1) is 17.9. The van der Waals surface area contributed by atoms with Gasteiger partial charge in [0.15, 0.2) is 0 Å². The van der Waals surface area contributed by atoms with Crippen LogP contribution in [0.3, 0.4) is 0 Å². The van der Waals surface area contributed by atoms with Crippen molar-refractivity contribution < 1.29 is 0 Å². The number of piperazine rings is 1. The van der Waals surface area contributed by atoms with Crippen LogP contribution in [0.15, 0.2) is 61.0 Å². The molecule has 0 unspecified atom stereocenters. The summed E-state index contributed by atoms with van der Waals surface area (Å²) in [6.45, 7) is 9.26. The van der Waals surface area contributed by atoms with Gasteiger partial charge in [0.25, 0.3) is 0 Å². The molecule has 4 heterocycles. The highest BCUT2D eigenvalue weighted by Gasteiger charge is 2.21. The van der Waals surface area contributed by atoms with Crippen LogP contribution in [0.1, 0.15) is 23.7 Å². The van der Waals surface area contributed by atoms with Crippen molar-refractivity contribution in [1.29, 1.82) is 0 Å². The number of hydrogen-bond acceptors (Lipinski definition) is 5. The number of nitrogens with one attached hydrogen (secondary N) is 2. The first-order valence-corrected chi connectivity index (χ1v) is 13.0. The molecule has 0 saturated carbocycles. The van der Waals surface area contributed by atoms with Gasteiger partial charge in [-0.1, -0.05) is 18.2 Å². The lowest BCUT2D eigenvalue weighted by atomic mass is 10.0. The van der Waals surface area contributed by atoms with Crippen molar-refractivity contribution in [2.24, 2.45) is 0 Å². The van der Waals surface area contributed by atoms with E-state index in [0.717, 1.165) is 71.8 Å². The van der Waals surface area contributed by atoms with Gasteiger partial charge in [-0.3, -0.25) is 10.1 Å². The Kier molecular flexibility index (Phi) is 7.26. The molecule has 192 valence electrons. The second kappa shape index (κ2) is 10.7. The summed E-state index contributed by atoms with van der Waals surface area (Å²) in [6, 6.07) is 10.9. The molecule has 0 aliphatic carbocycles. The third kappa shape index (κ3) is 5.38. The number of allylic oxidation sites excluding steroid dienone is 3. The Morgan fingerprint density at radius 2 is 1.86 bits per heavy atom. The largest absolute Gasteiger partial charge is 0.368 e. The lowest BCUT2D eigenvalue weighted by Crippen LogP contribution is -2.43. The van der Waals surface area contributed by atoms with Gasteiger partial charge in [0.1, 0.15) is 5.69 Å². The number of H-pyrrole nitrogens is 2. The second-order valence-corrected chi connectivity index (χ2v) is 10.2. The van der Waals surface area contributed by atoms with Crippen LogP contribution in [0, 0.1) is 6.92 Å². The van der Waals surface area contributed by atoms with Gasteiger partial charge in [-0.05, 0) is 76.5 Å². The van der Waals surface area contributed by atoms with Crippen LogP contribution in [0.25, 0.3) is 39.1 Å². The van der Waals surface area contributed by atoms with Crippen LogP contribution in [0.4, 0.5) is 0 Å². The Bertz CT molecular complexity index is 1430. The van der Waals surface area contributed by atoms with Crippen molar-refractivity contribution in [2.45, 2.75) is 20.4 Å². The summed E-state index contributed by atoms with van der Waals surface area (Å²) < 4.78 is 0. The van der Waals surface area contributed by atoms with E-state index in [1.54, 1.807) is 0 Å². The van der Waals surface area contributed by atoms with Crippen molar-refractivity contribution >= 4 is 16.6 Å². The molecule has 1 saturated heterocycles. The Balaban J connectivity index is 1.52. The third-order valence-corrected chi connectivity index (χ3v) is 7.03. The zero-order valence-corrected chi connectivity index (χ0v) is 22.5. The van der Waals surface area contributed by atoms with Crippen LogP contribution < -0.4 is 0 Å². The second-order valence-electron chi connectivity index (χ2n) is 10.2. The van der Waals surface area contributed by atoms with Crippen LogP contribution in [-0.2, 0) is 6.54 Å². The van der Waals surface area contributed by atoms with Gasteiger partial charge in [-0.25, -0.2) is 0 Å². The number of likely N-dealkylation sites (N-methyl/N-ethyl adjacent to an activating group) is 1. The number of hydrogen-bond donors (Lipinski definition) is 2. The highest BCUT2D eigenvalue weighted by Crippen LogP contribution is 2.33. The van der Waals surface area contributed by atoms with Gasteiger partial charge in [0.05, 0.1) is 11.2 Å². The summed E-state index contributed by atoms with van der Waals surface area (Å²) in [4.78, 5) is 15.2. The molecular weight excluding hydrogens is 458 g/mol. The zero-order chi connectivity index (χ0) is 25.9. The molecular formula is C30H37N7. The summed E-state index contributed by atoms with van der Waals surface area (Å²) in [5.41, 5.74) is 10.1. The average molecular weight is 496 g/mol. The number of fused-ring (bicyclic) bond motifs is 1. The topological polar surface area (TPSA) is 67.1 Å². The van der Waals surface area contributed by atoms with E-state index in [4.69, 9.17) is 5.10 Å². The fraction of sp³-hybridized carbons (Fsp3) is 0.333. The van der Waals surface area contributed by atoms with E-state index >= 15 is 0 Å². The fourth-order valence-electron chi connectivity index (χ4n) is 5.05. The van der Waals surface area contributed by atoms with E-state index in [-0.39, 0.29) is 0 Å². The van der Waals surface area contributed by atoms with Gasteiger partial charge in [-0.2, -0.15) is 5.10 Å². The number of pyridine rings is 1. The molecule has 0 amide bonds. The van der Waals surface area contributed by atoms with Crippen molar-refractivity contribution in [1.82, 2.24) is 34.9 Å². The summed E-state index contributed by atoms with van der Waals surface area (Å²) in [5.74, 6) is 0. The standard InChI is InChI=1S/C30H37N7/c1-6-7-8-29(37-13-11-36(5)12-14-37)25-17-28(32-21(25)2)30-26-16-23(9-10-27(26)33-34-30)24-15-22(18-31-19-24)20-35(3)4/h6-10,15-19,32H,11-14,20H2,1-5H3,(H,33,34)/b7-6-,29-8+. The number of rotatable bonds is 7. The molecule has 1 aliphatic heterocycles. The van der Waals surface area contributed by atoms with Gasteiger partial charge < -0.3 is 19.7 Å². The quantitative estimate of drug-likeness (QED) is 0.347. The number of aromatic nitrogens is 4. The highest BCUT2D eigenvalue weighted by atomic mass is 15.3. The number of aromatic amines is 2. The summed E-state index contributed by atoms with van der Waals surface area (Å²) >= 11 is 0. The molecule has 3 aromatic heterocycles. The smallest absolute Gasteiger partial charge is 0.116 e. The Hall–Kier alpha value is -3.68. The van der Waals surface area contributed by atoms with Crippen LogP contribution >= 0.6 is 0 Å². The van der Waals surface area contributed by atoms with E-state index in [9.17, 15) is 0 Å². The highest BCUT2D eigenvalue weighted by molar-refractivity contribution is 5.95. The van der Waals surface area contributed by atoms with E-state index in [1.165, 1.54) is 16.8 Å². The van der Waals surface area contributed by atoms with Gasteiger partial charge in [-0.15, -0.1) is 0 Å². The molecule has 2 N–H and O–H groups in total. The maximum atomic E-state index is 4.72. The average Bonchev–Trinajstić information content (AvgIpc) is 3.48. The molecule has 0 spiro atoms. The first-order valence-electron chi connectivity index (χ1n) is 13.0. The molecule has 37 heavy (non-hydrogen) atoms. The van der Waals surface area contributed by atoms with Crippen molar-refractivity contribution in [3.05, 3.63) is 77.8 Å². The monoisotopic (exact) mass is 495 g/mol. The number of aryl methyl sites for hydroxylation is 1. The molecule has 1 aromatic carbocycles. The minimum absolute atomic E-state index is 0.862. The fourth-order valence-corrected chi connectivity index (χ4v) is 5.05. The lowest BCUT2D eigenvalue weighted by Gasteiger charge is -2.35. The maximum absolute atomic E-state index is 4.72. The van der Waals surface area contributed by atoms with E-state index in [1.807, 2.05) is 12.4 Å². The molecule has 1 fully saturated rings. The third-order valence-electron chi connectivity index (χ3n) is 7.03. The Labute approximate surface area is 219 Å². The minimum Gasteiger partial charge on any atom is -0.368 e. The molecule has 7 nitrogen and oxygen atoms in total. The van der Waals surface area contributed by atoms with Gasteiger partial charge in [0.2, 0.25) is 0 Å². The van der Waals surface area contributed by atoms with Crippen molar-refractivity contribution in [2.75, 3.05) is 47.3 Å². The number of nitrogens with zero attached hydrogens (tertiary/aromatic N) is 5. The first kappa shape index (κ1) is 25.0. The van der Waals surface area contributed by atoms with Gasteiger partial charge >= 0.3 is 0 Å². The van der Waals surface area contributed by atoms with Crippen molar-refractivity contribution in [3.8, 4) is 22.5 Å². The predicted molar refractivity (Wildman–Crippen MR) is 153 cm³/mol. The summed E-state index contributed by atoms with van der Waals surface area (Å²) in [6.07, 6.45) is 10.3. The van der Waals surface area contributed by atoms with Crippen molar-refractivity contribution in [3.63, 3.8) is 0 Å². The van der Waals surface area contributed by atoms with E-state index in [0.29, 0.717) is 0 Å². The Morgan fingerprint density at radius 3 is 2.62 bits per heavy atom. The normalized spacial score (nSPS) is 15.5. The van der Waals surface area contributed by atoms with Crippen LogP contribution in [0.5, 0.6) is 0 Å². The SMILES string of the molecule is C/C=C\C=C(/c1cc(-c2n[nH]c3ccc(-c4cncc(CN(C)C)c4)cc23)[nH]c1C)N1CCN(C)CC1. The molecule has 5 rings (SSSR count). The summed E-state index contributed by atoms with van der Waals surface area (Å²) in [5, 5.41) is 9.05. The molecule has 7 heteroatoms. The van der Waals surface area contributed by atoms with E-state index in [2.05, 4.69) is 113 Å². The minimum atomic E-state index is 0.862.